The Bertz CT molecular complexity index is 480. The number of benzene rings is 1. The minimum atomic E-state index is -4.85. The summed E-state index contributed by atoms with van der Waals surface area (Å²) in [5, 5.41) is 8.35. The van der Waals surface area contributed by atoms with Crippen molar-refractivity contribution in [2.24, 2.45) is 0 Å². The molecule has 0 aliphatic heterocycles. The molecular weight excluding hydrogens is 308 g/mol. The van der Waals surface area contributed by atoms with Crippen LogP contribution in [-0.4, -0.2) is 11.1 Å². The minimum absolute atomic E-state index is 0.0684. The predicted molar refractivity (Wildman–Crippen MR) is 55.8 cm³/mol. The molecule has 1 aromatic carbocycles. The van der Waals surface area contributed by atoms with Gasteiger partial charge in [0.05, 0.1) is 0 Å². The minimum Gasteiger partial charge on any atom is -0.478 e. The molecule has 0 fully saturated rings. The standard InChI is InChI=1S/C10H5BrF4O2/c11-9-5(2-4-7(16)17)1-3-6(12)8(9)10(13,14)15/h1-4H,(H,16,17)/b4-2+. The predicted octanol–water partition coefficient (Wildman–Crippen LogP) is 3.70. The molecule has 0 saturated heterocycles. The summed E-state index contributed by atoms with van der Waals surface area (Å²) >= 11 is 2.61. The molecule has 0 aromatic heterocycles. The molecule has 92 valence electrons. The zero-order chi connectivity index (χ0) is 13.2. The van der Waals surface area contributed by atoms with Crippen molar-refractivity contribution in [3.05, 3.63) is 39.6 Å². The van der Waals surface area contributed by atoms with E-state index >= 15 is 0 Å². The van der Waals surface area contributed by atoms with Crippen LogP contribution < -0.4 is 0 Å². The van der Waals surface area contributed by atoms with Crippen LogP contribution in [0, 0.1) is 5.82 Å². The van der Waals surface area contributed by atoms with Crippen molar-refractivity contribution in [1.29, 1.82) is 0 Å². The second kappa shape index (κ2) is 4.87. The first kappa shape index (κ1) is 13.7. The Hall–Kier alpha value is -1.37. The van der Waals surface area contributed by atoms with Crippen molar-refractivity contribution in [3.8, 4) is 0 Å². The van der Waals surface area contributed by atoms with Gasteiger partial charge in [-0.15, -0.1) is 0 Å². The van der Waals surface area contributed by atoms with Crippen LogP contribution in [0.25, 0.3) is 6.08 Å². The van der Waals surface area contributed by atoms with Crippen molar-refractivity contribution < 1.29 is 27.5 Å². The maximum atomic E-state index is 13.0. The molecule has 0 radical (unpaired) electrons. The summed E-state index contributed by atoms with van der Waals surface area (Å²) in [7, 11) is 0. The van der Waals surface area contributed by atoms with Crippen LogP contribution in [0.4, 0.5) is 17.6 Å². The van der Waals surface area contributed by atoms with Crippen LogP contribution in [0.3, 0.4) is 0 Å². The first-order valence-corrected chi connectivity index (χ1v) is 4.99. The van der Waals surface area contributed by atoms with Crippen LogP contribution in [-0.2, 0) is 11.0 Å². The Balaban J connectivity index is 3.34. The SMILES string of the molecule is O=C(O)/C=C/c1ccc(F)c(C(F)(F)F)c1Br. The number of carboxylic acids is 1. The average Bonchev–Trinajstić information content (AvgIpc) is 2.14. The highest BCUT2D eigenvalue weighted by Crippen LogP contribution is 2.38. The summed E-state index contributed by atoms with van der Waals surface area (Å²) < 4.78 is 49.9. The van der Waals surface area contributed by atoms with Gasteiger partial charge < -0.3 is 5.11 Å². The molecule has 0 aliphatic rings. The molecule has 0 unspecified atom stereocenters. The molecule has 1 N–H and O–H groups in total. The molecule has 0 bridgehead atoms. The summed E-state index contributed by atoms with van der Waals surface area (Å²) in [6.45, 7) is 0. The van der Waals surface area contributed by atoms with Crippen molar-refractivity contribution in [1.82, 2.24) is 0 Å². The van der Waals surface area contributed by atoms with E-state index in [-0.39, 0.29) is 5.56 Å². The molecule has 7 heteroatoms. The van der Waals surface area contributed by atoms with E-state index in [0.29, 0.717) is 12.1 Å². The van der Waals surface area contributed by atoms with E-state index in [1.165, 1.54) is 0 Å². The Morgan fingerprint density at radius 2 is 1.94 bits per heavy atom. The molecule has 0 spiro atoms. The van der Waals surface area contributed by atoms with Gasteiger partial charge in [0, 0.05) is 10.5 Å². The number of rotatable bonds is 2. The lowest BCUT2D eigenvalue weighted by molar-refractivity contribution is -0.140. The highest BCUT2D eigenvalue weighted by Gasteiger charge is 2.37. The molecular formula is C10H5BrF4O2. The van der Waals surface area contributed by atoms with Gasteiger partial charge in [0.15, 0.2) is 0 Å². The zero-order valence-corrected chi connectivity index (χ0v) is 9.64. The van der Waals surface area contributed by atoms with Gasteiger partial charge in [-0.25, -0.2) is 9.18 Å². The van der Waals surface area contributed by atoms with Gasteiger partial charge in [-0.05, 0) is 33.6 Å². The third kappa shape index (κ3) is 3.29. The summed E-state index contributed by atoms with van der Waals surface area (Å²) in [5.74, 6) is -2.73. The fraction of sp³-hybridized carbons (Fsp3) is 0.100. The molecule has 0 aliphatic carbocycles. The van der Waals surface area contributed by atoms with Crippen LogP contribution >= 0.6 is 15.9 Å². The number of hydrogen-bond acceptors (Lipinski definition) is 1. The number of carboxylic acid groups (broad SMARTS) is 1. The van der Waals surface area contributed by atoms with E-state index in [9.17, 15) is 22.4 Å². The average molecular weight is 313 g/mol. The summed E-state index contributed by atoms with van der Waals surface area (Å²) in [6, 6.07) is 1.68. The summed E-state index contributed by atoms with van der Waals surface area (Å²) in [4.78, 5) is 10.2. The molecule has 2 nitrogen and oxygen atoms in total. The zero-order valence-electron chi connectivity index (χ0n) is 8.05. The van der Waals surface area contributed by atoms with Gasteiger partial charge in [0.25, 0.3) is 0 Å². The lowest BCUT2D eigenvalue weighted by Gasteiger charge is -2.11. The fourth-order valence-corrected chi connectivity index (χ4v) is 1.80. The largest absolute Gasteiger partial charge is 0.478 e. The number of hydrogen-bond donors (Lipinski definition) is 1. The first-order valence-electron chi connectivity index (χ1n) is 4.19. The molecule has 1 aromatic rings. The molecule has 0 saturated carbocycles. The van der Waals surface area contributed by atoms with E-state index in [2.05, 4.69) is 15.9 Å². The maximum Gasteiger partial charge on any atom is 0.420 e. The smallest absolute Gasteiger partial charge is 0.420 e. The van der Waals surface area contributed by atoms with E-state index in [1.54, 1.807) is 0 Å². The highest BCUT2D eigenvalue weighted by atomic mass is 79.9. The van der Waals surface area contributed by atoms with Crippen molar-refractivity contribution in [2.75, 3.05) is 0 Å². The fourth-order valence-electron chi connectivity index (χ4n) is 1.12. The van der Waals surface area contributed by atoms with Gasteiger partial charge in [0.1, 0.15) is 11.4 Å². The highest BCUT2D eigenvalue weighted by molar-refractivity contribution is 9.10. The molecule has 0 amide bonds. The first-order chi connectivity index (χ1) is 7.73. The summed E-state index contributed by atoms with van der Waals surface area (Å²) in [5.41, 5.74) is -1.52. The maximum absolute atomic E-state index is 13.0. The topological polar surface area (TPSA) is 37.3 Å². The Labute approximate surface area is 102 Å². The third-order valence-corrected chi connectivity index (χ3v) is 2.66. The van der Waals surface area contributed by atoms with Gasteiger partial charge in [0.2, 0.25) is 0 Å². The molecule has 0 atom stereocenters. The van der Waals surface area contributed by atoms with E-state index in [0.717, 1.165) is 12.1 Å². The second-order valence-electron chi connectivity index (χ2n) is 2.99. The Kier molecular flexibility index (Phi) is 3.92. The normalized spacial score (nSPS) is 12.1. The number of carbonyl (C=O) groups is 1. The van der Waals surface area contributed by atoms with Crippen molar-refractivity contribution >= 4 is 28.0 Å². The number of alkyl halides is 3. The lowest BCUT2D eigenvalue weighted by Crippen LogP contribution is -2.10. The van der Waals surface area contributed by atoms with Gasteiger partial charge >= 0.3 is 12.1 Å². The van der Waals surface area contributed by atoms with Gasteiger partial charge in [-0.2, -0.15) is 13.2 Å². The Morgan fingerprint density at radius 3 is 2.41 bits per heavy atom. The quantitative estimate of drug-likeness (QED) is 0.668. The Morgan fingerprint density at radius 1 is 1.35 bits per heavy atom. The summed E-state index contributed by atoms with van der Waals surface area (Å²) in [6.07, 6.45) is -3.24. The molecule has 1 rings (SSSR count). The lowest BCUT2D eigenvalue weighted by atomic mass is 10.1. The monoisotopic (exact) mass is 312 g/mol. The van der Waals surface area contributed by atoms with E-state index < -0.39 is 28.0 Å². The van der Waals surface area contributed by atoms with Crippen molar-refractivity contribution in [3.63, 3.8) is 0 Å². The van der Waals surface area contributed by atoms with Crippen LogP contribution in [0.15, 0.2) is 22.7 Å². The second-order valence-corrected chi connectivity index (χ2v) is 3.79. The third-order valence-electron chi connectivity index (χ3n) is 1.81. The van der Waals surface area contributed by atoms with Gasteiger partial charge in [-0.3, -0.25) is 0 Å². The van der Waals surface area contributed by atoms with Crippen LogP contribution in [0.1, 0.15) is 11.1 Å². The van der Waals surface area contributed by atoms with Gasteiger partial charge in [-0.1, -0.05) is 6.07 Å². The number of aliphatic carboxylic acids is 1. The van der Waals surface area contributed by atoms with E-state index in [1.807, 2.05) is 0 Å². The van der Waals surface area contributed by atoms with Crippen molar-refractivity contribution in [2.45, 2.75) is 6.18 Å². The number of halogens is 5. The van der Waals surface area contributed by atoms with Crippen LogP contribution in [0.5, 0.6) is 0 Å². The van der Waals surface area contributed by atoms with E-state index in [4.69, 9.17) is 5.11 Å². The molecule has 0 heterocycles. The molecule has 17 heavy (non-hydrogen) atoms. The van der Waals surface area contributed by atoms with Crippen LogP contribution in [0.2, 0.25) is 0 Å².